The maximum Gasteiger partial charge on any atom is 0.264 e. The molecule has 0 bridgehead atoms. The van der Waals surface area contributed by atoms with Crippen LogP contribution in [-0.4, -0.2) is 48.1 Å². The molecular formula is C30H26ClFN2O4S. The maximum atomic E-state index is 13.8. The van der Waals surface area contributed by atoms with Crippen molar-refractivity contribution in [3.63, 3.8) is 0 Å². The molecule has 39 heavy (non-hydrogen) atoms. The smallest absolute Gasteiger partial charge is 0.264 e. The van der Waals surface area contributed by atoms with Crippen molar-refractivity contribution in [3.8, 4) is 27.3 Å². The number of nitrogens with zero attached hydrogens (tertiary/aromatic N) is 1. The number of hydrogen-bond donors (Lipinski definition) is 2. The van der Waals surface area contributed by atoms with Crippen LogP contribution in [0.25, 0.3) is 21.6 Å². The molecule has 3 N–H and O–H groups in total. The molecule has 1 fully saturated rings. The minimum Gasteiger partial charge on any atom is -0.494 e. The van der Waals surface area contributed by atoms with E-state index in [-0.39, 0.29) is 30.6 Å². The number of likely N-dealkylation sites (tertiary alicyclic amines) is 1. The quantitative estimate of drug-likeness (QED) is 0.262. The zero-order valence-corrected chi connectivity index (χ0v) is 22.5. The van der Waals surface area contributed by atoms with E-state index in [4.69, 9.17) is 27.2 Å². The molecule has 6 nitrogen and oxygen atoms in total. The Kier molecular flexibility index (Phi) is 7.70. The summed E-state index contributed by atoms with van der Waals surface area (Å²) in [5.74, 6) is -0.483. The minimum atomic E-state index is -0.925. The first kappa shape index (κ1) is 26.9. The number of carbonyl (C=O) groups is 2. The van der Waals surface area contributed by atoms with Gasteiger partial charge in [0, 0.05) is 42.1 Å². The van der Waals surface area contributed by atoms with Gasteiger partial charge in [-0.15, -0.1) is 11.3 Å². The summed E-state index contributed by atoms with van der Waals surface area (Å²) in [6.45, 7) is 0.819. The summed E-state index contributed by atoms with van der Waals surface area (Å²) in [7, 11) is 0. The van der Waals surface area contributed by atoms with Crippen molar-refractivity contribution in [2.45, 2.75) is 11.8 Å². The molecule has 0 aliphatic carbocycles. The van der Waals surface area contributed by atoms with Crippen LogP contribution >= 0.6 is 22.9 Å². The molecule has 0 saturated carbocycles. The van der Waals surface area contributed by atoms with E-state index >= 15 is 0 Å². The molecule has 0 spiro atoms. The van der Waals surface area contributed by atoms with E-state index in [0.717, 1.165) is 21.6 Å². The normalized spacial score (nSPS) is 14.1. The lowest BCUT2D eigenvalue weighted by molar-refractivity contribution is -0.128. The number of thiophene rings is 1. The van der Waals surface area contributed by atoms with Crippen molar-refractivity contribution in [1.82, 2.24) is 4.90 Å². The predicted octanol–water partition coefficient (Wildman–Crippen LogP) is 5.51. The molecule has 4 aromatic rings. The van der Waals surface area contributed by atoms with E-state index in [1.54, 1.807) is 17.0 Å². The van der Waals surface area contributed by atoms with Gasteiger partial charge in [-0.3, -0.25) is 9.59 Å². The summed E-state index contributed by atoms with van der Waals surface area (Å²) >= 11 is 7.69. The fourth-order valence-electron chi connectivity index (χ4n) is 4.71. The van der Waals surface area contributed by atoms with E-state index in [1.807, 2.05) is 54.6 Å². The predicted molar refractivity (Wildman–Crippen MR) is 151 cm³/mol. The van der Waals surface area contributed by atoms with Crippen LogP contribution in [0.4, 0.5) is 4.39 Å². The maximum absolute atomic E-state index is 13.8. The second-order valence-corrected chi connectivity index (χ2v) is 10.9. The molecule has 5 rings (SSSR count). The van der Waals surface area contributed by atoms with Crippen molar-refractivity contribution in [3.05, 3.63) is 100 Å². The van der Waals surface area contributed by atoms with Crippen LogP contribution in [0.15, 0.2) is 78.9 Å². The molecule has 1 aliphatic rings. The van der Waals surface area contributed by atoms with Crippen molar-refractivity contribution >= 4 is 34.8 Å². The Morgan fingerprint density at radius 3 is 2.38 bits per heavy atom. The van der Waals surface area contributed by atoms with Gasteiger partial charge in [-0.05, 0) is 47.5 Å². The zero-order valence-electron chi connectivity index (χ0n) is 20.9. The highest BCUT2D eigenvalue weighted by atomic mass is 35.5. The van der Waals surface area contributed by atoms with Crippen LogP contribution < -0.4 is 10.5 Å². The molecule has 0 atom stereocenters. The topological polar surface area (TPSA) is 92.9 Å². The van der Waals surface area contributed by atoms with Gasteiger partial charge in [0.05, 0.1) is 16.5 Å². The summed E-state index contributed by atoms with van der Waals surface area (Å²) in [6.07, 6.45) is 0.531. The van der Waals surface area contributed by atoms with Crippen molar-refractivity contribution in [2.24, 2.45) is 5.73 Å². The standard InChI is InChI=1S/C30H26ClFN2O4S/c31-25-15-21(32)9-12-23(25)27-24(19-7-10-22(11-8-19)38-14-4-13-35)16-26(39-27)28(36)34-17-30(18-34,29(33)37)20-5-2-1-3-6-20/h1-3,5-12,15-16,35H,4,13-14,17-18H2,(H2,33,37). The van der Waals surface area contributed by atoms with Crippen LogP contribution in [0.3, 0.4) is 0 Å². The fourth-order valence-corrected chi connectivity index (χ4v) is 6.22. The van der Waals surface area contributed by atoms with E-state index < -0.39 is 17.1 Å². The lowest BCUT2D eigenvalue weighted by Gasteiger charge is -2.48. The monoisotopic (exact) mass is 564 g/mol. The van der Waals surface area contributed by atoms with Gasteiger partial charge in [0.15, 0.2) is 0 Å². The van der Waals surface area contributed by atoms with Gasteiger partial charge in [0.1, 0.15) is 17.0 Å². The number of carbonyl (C=O) groups excluding carboxylic acids is 2. The first-order valence-corrected chi connectivity index (χ1v) is 13.6. The number of rotatable bonds is 9. The summed E-state index contributed by atoms with van der Waals surface area (Å²) in [5.41, 5.74) is 7.85. The van der Waals surface area contributed by atoms with Gasteiger partial charge in [0.2, 0.25) is 5.91 Å². The Bertz CT molecular complexity index is 1500. The Morgan fingerprint density at radius 2 is 1.74 bits per heavy atom. The fraction of sp³-hybridized carbons (Fsp3) is 0.200. The number of ether oxygens (including phenoxy) is 1. The van der Waals surface area contributed by atoms with Crippen molar-refractivity contribution < 1.29 is 23.8 Å². The molecular weight excluding hydrogens is 539 g/mol. The second-order valence-electron chi connectivity index (χ2n) is 9.40. The third kappa shape index (κ3) is 5.28. The second kappa shape index (κ2) is 11.2. The number of nitrogens with two attached hydrogens (primary N) is 1. The lowest BCUT2D eigenvalue weighted by atomic mass is 9.73. The van der Waals surface area contributed by atoms with E-state index in [9.17, 15) is 14.0 Å². The Morgan fingerprint density at radius 1 is 1.03 bits per heavy atom. The van der Waals surface area contributed by atoms with E-state index in [1.165, 1.54) is 23.5 Å². The first-order valence-electron chi connectivity index (χ1n) is 12.4. The Labute approximate surface area is 234 Å². The van der Waals surface area contributed by atoms with Crippen molar-refractivity contribution in [1.29, 1.82) is 0 Å². The van der Waals surface area contributed by atoms with Crippen LogP contribution in [0, 0.1) is 5.82 Å². The van der Waals surface area contributed by atoms with Gasteiger partial charge in [0.25, 0.3) is 5.91 Å². The zero-order chi connectivity index (χ0) is 27.6. The van der Waals surface area contributed by atoms with Crippen molar-refractivity contribution in [2.75, 3.05) is 26.3 Å². The molecule has 9 heteroatoms. The average Bonchev–Trinajstić information content (AvgIpc) is 3.34. The largest absolute Gasteiger partial charge is 0.494 e. The number of amides is 2. The lowest BCUT2D eigenvalue weighted by Crippen LogP contribution is -2.66. The molecule has 1 aromatic heterocycles. The van der Waals surface area contributed by atoms with E-state index in [0.29, 0.717) is 29.2 Å². The Balaban J connectivity index is 1.47. The van der Waals surface area contributed by atoms with Crippen LogP contribution in [0.5, 0.6) is 5.75 Å². The van der Waals surface area contributed by atoms with Gasteiger partial charge >= 0.3 is 0 Å². The number of primary amides is 1. The van der Waals surface area contributed by atoms with E-state index in [2.05, 4.69) is 0 Å². The van der Waals surface area contributed by atoms with Crippen LogP contribution in [0.2, 0.25) is 5.02 Å². The van der Waals surface area contributed by atoms with Crippen LogP contribution in [-0.2, 0) is 10.2 Å². The molecule has 3 aromatic carbocycles. The summed E-state index contributed by atoms with van der Waals surface area (Å²) < 4.78 is 19.5. The number of hydrogen-bond acceptors (Lipinski definition) is 5. The third-order valence-electron chi connectivity index (χ3n) is 6.86. The molecule has 0 unspecified atom stereocenters. The van der Waals surface area contributed by atoms with Gasteiger partial charge in [-0.25, -0.2) is 4.39 Å². The summed E-state index contributed by atoms with van der Waals surface area (Å²) in [6, 6.07) is 22.6. The highest BCUT2D eigenvalue weighted by Crippen LogP contribution is 2.44. The molecule has 1 aliphatic heterocycles. The molecule has 2 amide bonds. The molecule has 1 saturated heterocycles. The number of benzene rings is 3. The third-order valence-corrected chi connectivity index (χ3v) is 8.33. The van der Waals surface area contributed by atoms with Gasteiger partial charge in [-0.2, -0.15) is 0 Å². The minimum absolute atomic E-state index is 0.0501. The Hall–Kier alpha value is -3.72. The molecule has 2 heterocycles. The highest BCUT2D eigenvalue weighted by molar-refractivity contribution is 7.18. The summed E-state index contributed by atoms with van der Waals surface area (Å²) in [5, 5.41) is 9.21. The van der Waals surface area contributed by atoms with Gasteiger partial charge < -0.3 is 20.5 Å². The number of aliphatic hydroxyl groups is 1. The number of halogens is 2. The van der Waals surface area contributed by atoms with Crippen LogP contribution in [0.1, 0.15) is 21.7 Å². The SMILES string of the molecule is NC(=O)C1(c2ccccc2)CN(C(=O)c2cc(-c3ccc(OCCCO)cc3)c(-c3ccc(F)cc3Cl)s2)C1. The first-order chi connectivity index (χ1) is 18.8. The summed E-state index contributed by atoms with van der Waals surface area (Å²) in [4.78, 5) is 28.8. The molecule has 0 radical (unpaired) electrons. The van der Waals surface area contributed by atoms with Gasteiger partial charge in [-0.1, -0.05) is 54.1 Å². The molecule has 200 valence electrons. The number of aliphatic hydroxyl groups excluding tert-OH is 1. The average molecular weight is 565 g/mol. The highest BCUT2D eigenvalue weighted by Gasteiger charge is 2.51.